The van der Waals surface area contributed by atoms with Crippen molar-refractivity contribution in [3.63, 3.8) is 0 Å². The topological polar surface area (TPSA) is 33.1 Å². The first-order valence-electron chi connectivity index (χ1n) is 6.56. The molecule has 1 unspecified atom stereocenters. The van der Waals surface area contributed by atoms with Gasteiger partial charge in [0.05, 0.1) is 6.10 Å². The van der Waals surface area contributed by atoms with Gasteiger partial charge in [0.25, 0.3) is 0 Å². The lowest BCUT2D eigenvalue weighted by Gasteiger charge is -2.10. The number of nitrogens with zero attached hydrogens (tertiary/aromatic N) is 1. The van der Waals surface area contributed by atoms with Crippen LogP contribution < -0.4 is 0 Å². The highest BCUT2D eigenvalue weighted by atomic mass is 16.3. The average molecular weight is 239 g/mol. The second-order valence-electron chi connectivity index (χ2n) is 4.91. The van der Waals surface area contributed by atoms with Crippen molar-refractivity contribution in [3.05, 3.63) is 48.3 Å². The maximum atomic E-state index is 9.90. The van der Waals surface area contributed by atoms with Crippen molar-refractivity contribution in [1.29, 1.82) is 0 Å². The van der Waals surface area contributed by atoms with E-state index in [0.29, 0.717) is 0 Å². The fourth-order valence-corrected chi connectivity index (χ4v) is 2.69. The van der Waals surface area contributed by atoms with E-state index in [1.165, 1.54) is 21.9 Å². The van der Waals surface area contributed by atoms with Crippen molar-refractivity contribution in [2.75, 3.05) is 0 Å². The molecular weight excluding hydrogens is 222 g/mol. The lowest BCUT2D eigenvalue weighted by molar-refractivity contribution is 0.211. The van der Waals surface area contributed by atoms with Gasteiger partial charge < -0.3 is 5.11 Å². The summed E-state index contributed by atoms with van der Waals surface area (Å²) in [7, 11) is 0. The predicted molar refractivity (Wildman–Crippen MR) is 74.2 cm³/mol. The Morgan fingerprint density at radius 1 is 1.17 bits per heavy atom. The molecule has 3 rings (SSSR count). The standard InChI is InChI=1S/C16H17NO/c18-14-6-2-1-4-13(10-14)15-7-3-5-12-8-9-17-11-16(12)15/h3,5,7-11,14,18H,1-2,4,6H2. The second kappa shape index (κ2) is 4.91. The van der Waals surface area contributed by atoms with Crippen LogP contribution in [0.1, 0.15) is 31.2 Å². The number of fused-ring (bicyclic) bond motifs is 1. The number of benzene rings is 1. The molecule has 0 amide bonds. The summed E-state index contributed by atoms with van der Waals surface area (Å²) < 4.78 is 0. The van der Waals surface area contributed by atoms with E-state index < -0.39 is 0 Å². The molecule has 1 aromatic carbocycles. The first-order valence-corrected chi connectivity index (χ1v) is 6.56. The summed E-state index contributed by atoms with van der Waals surface area (Å²) in [5.41, 5.74) is 2.49. The molecule has 0 fully saturated rings. The highest BCUT2D eigenvalue weighted by Gasteiger charge is 2.12. The Hall–Kier alpha value is -1.67. The third kappa shape index (κ3) is 2.16. The smallest absolute Gasteiger partial charge is 0.0726 e. The van der Waals surface area contributed by atoms with Crippen molar-refractivity contribution in [2.24, 2.45) is 0 Å². The first kappa shape index (κ1) is 11.4. The lowest BCUT2D eigenvalue weighted by Crippen LogP contribution is -2.00. The SMILES string of the molecule is OC1C=C(c2cccc3ccncc23)CCCC1. The highest BCUT2D eigenvalue weighted by molar-refractivity contribution is 5.93. The molecule has 2 heteroatoms. The van der Waals surface area contributed by atoms with Crippen LogP contribution in [0.2, 0.25) is 0 Å². The summed E-state index contributed by atoms with van der Waals surface area (Å²) in [6, 6.07) is 8.35. The molecule has 0 spiro atoms. The minimum Gasteiger partial charge on any atom is -0.389 e. The van der Waals surface area contributed by atoms with E-state index in [4.69, 9.17) is 0 Å². The molecule has 0 bridgehead atoms. The Morgan fingerprint density at radius 2 is 2.11 bits per heavy atom. The molecule has 0 radical (unpaired) electrons. The van der Waals surface area contributed by atoms with Crippen molar-refractivity contribution in [1.82, 2.24) is 4.98 Å². The third-order valence-electron chi connectivity index (χ3n) is 3.62. The number of hydrogen-bond donors (Lipinski definition) is 1. The van der Waals surface area contributed by atoms with Gasteiger partial charge in [0, 0.05) is 17.8 Å². The van der Waals surface area contributed by atoms with Crippen LogP contribution in [0.4, 0.5) is 0 Å². The Bertz CT molecular complexity index is 583. The van der Waals surface area contributed by atoms with Gasteiger partial charge in [-0.15, -0.1) is 0 Å². The monoisotopic (exact) mass is 239 g/mol. The van der Waals surface area contributed by atoms with Crippen LogP contribution >= 0.6 is 0 Å². The van der Waals surface area contributed by atoms with E-state index in [0.717, 1.165) is 25.7 Å². The Morgan fingerprint density at radius 3 is 3.06 bits per heavy atom. The third-order valence-corrected chi connectivity index (χ3v) is 3.62. The van der Waals surface area contributed by atoms with Gasteiger partial charge in [-0.3, -0.25) is 4.98 Å². The fraction of sp³-hybridized carbons (Fsp3) is 0.312. The zero-order valence-corrected chi connectivity index (χ0v) is 10.3. The van der Waals surface area contributed by atoms with Gasteiger partial charge in [0.2, 0.25) is 0 Å². The van der Waals surface area contributed by atoms with Gasteiger partial charge in [-0.25, -0.2) is 0 Å². The van der Waals surface area contributed by atoms with Crippen molar-refractivity contribution >= 4 is 16.3 Å². The Labute approximate surface area is 107 Å². The van der Waals surface area contributed by atoms with Gasteiger partial charge in [-0.05, 0) is 41.9 Å². The minimum absolute atomic E-state index is 0.297. The number of hydrogen-bond acceptors (Lipinski definition) is 2. The summed E-state index contributed by atoms with van der Waals surface area (Å²) >= 11 is 0. The molecule has 1 aliphatic rings. The van der Waals surface area contributed by atoms with Gasteiger partial charge >= 0.3 is 0 Å². The largest absolute Gasteiger partial charge is 0.389 e. The van der Waals surface area contributed by atoms with Crippen molar-refractivity contribution < 1.29 is 5.11 Å². The molecule has 0 saturated heterocycles. The summed E-state index contributed by atoms with van der Waals surface area (Å²) in [6.45, 7) is 0. The second-order valence-corrected chi connectivity index (χ2v) is 4.91. The Kier molecular flexibility index (Phi) is 3.11. The Balaban J connectivity index is 2.13. The van der Waals surface area contributed by atoms with Crippen LogP contribution in [0.3, 0.4) is 0 Å². The summed E-state index contributed by atoms with van der Waals surface area (Å²) in [4.78, 5) is 4.22. The molecule has 92 valence electrons. The molecule has 18 heavy (non-hydrogen) atoms. The highest BCUT2D eigenvalue weighted by Crippen LogP contribution is 2.30. The maximum Gasteiger partial charge on any atom is 0.0726 e. The van der Waals surface area contributed by atoms with Crippen LogP contribution in [0.5, 0.6) is 0 Å². The predicted octanol–water partition coefficient (Wildman–Crippen LogP) is 3.55. The number of aliphatic hydroxyl groups is 1. The lowest BCUT2D eigenvalue weighted by atomic mass is 9.96. The maximum absolute atomic E-state index is 9.90. The molecule has 1 heterocycles. The average Bonchev–Trinajstić information content (AvgIpc) is 2.63. The summed E-state index contributed by atoms with van der Waals surface area (Å²) in [6.07, 6.45) is 9.65. The first-order chi connectivity index (χ1) is 8.84. The van der Waals surface area contributed by atoms with Gasteiger partial charge in [-0.2, -0.15) is 0 Å². The number of aromatic nitrogens is 1. The van der Waals surface area contributed by atoms with Crippen LogP contribution in [0, 0.1) is 0 Å². The summed E-state index contributed by atoms with van der Waals surface area (Å²) in [5, 5.41) is 12.3. The molecule has 1 aromatic heterocycles. The van der Waals surface area contributed by atoms with Crippen LogP contribution in [0.15, 0.2) is 42.7 Å². The molecule has 2 nitrogen and oxygen atoms in total. The number of allylic oxidation sites excluding steroid dienone is 1. The molecule has 1 aliphatic carbocycles. The quantitative estimate of drug-likeness (QED) is 0.825. The zero-order valence-electron chi connectivity index (χ0n) is 10.3. The van der Waals surface area contributed by atoms with E-state index in [2.05, 4.69) is 23.2 Å². The van der Waals surface area contributed by atoms with Crippen LogP contribution in [0.25, 0.3) is 16.3 Å². The minimum atomic E-state index is -0.297. The van der Waals surface area contributed by atoms with Gasteiger partial charge in [-0.1, -0.05) is 30.7 Å². The van der Waals surface area contributed by atoms with Gasteiger partial charge in [0.15, 0.2) is 0 Å². The summed E-state index contributed by atoms with van der Waals surface area (Å²) in [5.74, 6) is 0. The van der Waals surface area contributed by atoms with Gasteiger partial charge in [0.1, 0.15) is 0 Å². The molecule has 0 saturated carbocycles. The van der Waals surface area contributed by atoms with E-state index in [1.807, 2.05) is 24.5 Å². The number of aliphatic hydroxyl groups excluding tert-OH is 1. The van der Waals surface area contributed by atoms with E-state index in [1.54, 1.807) is 0 Å². The normalized spacial score (nSPS) is 20.5. The molecule has 1 atom stereocenters. The van der Waals surface area contributed by atoms with Crippen molar-refractivity contribution in [2.45, 2.75) is 31.8 Å². The fourth-order valence-electron chi connectivity index (χ4n) is 2.69. The van der Waals surface area contributed by atoms with Crippen LogP contribution in [-0.2, 0) is 0 Å². The van der Waals surface area contributed by atoms with E-state index in [9.17, 15) is 5.11 Å². The van der Waals surface area contributed by atoms with Crippen LogP contribution in [-0.4, -0.2) is 16.2 Å². The number of pyridine rings is 1. The molecule has 2 aromatic rings. The van der Waals surface area contributed by atoms with E-state index >= 15 is 0 Å². The molecular formula is C16H17NO. The zero-order chi connectivity index (χ0) is 12.4. The van der Waals surface area contributed by atoms with Crippen molar-refractivity contribution in [3.8, 4) is 0 Å². The molecule has 1 N–H and O–H groups in total. The molecule has 0 aliphatic heterocycles. The number of rotatable bonds is 1. The van der Waals surface area contributed by atoms with E-state index in [-0.39, 0.29) is 6.10 Å².